The number of pyridine rings is 1. The molecule has 0 fully saturated rings. The molecular weight excluding hydrogens is 350 g/mol. The number of carbonyl (C=O) groups is 1. The van der Waals surface area contributed by atoms with Crippen molar-refractivity contribution in [1.82, 2.24) is 9.97 Å². The van der Waals surface area contributed by atoms with Crippen LogP contribution < -0.4 is 10.7 Å². The van der Waals surface area contributed by atoms with Gasteiger partial charge in [-0.15, -0.1) is 0 Å². The van der Waals surface area contributed by atoms with Crippen LogP contribution in [0.3, 0.4) is 0 Å². The Bertz CT molecular complexity index is 1270. The smallest absolute Gasteiger partial charge is 0.261 e. The molecule has 2 aromatic carbocycles. The van der Waals surface area contributed by atoms with E-state index in [1.54, 1.807) is 6.07 Å². The first-order valence-electron chi connectivity index (χ1n) is 9.29. The van der Waals surface area contributed by atoms with Crippen molar-refractivity contribution in [2.45, 2.75) is 33.1 Å². The zero-order valence-electron chi connectivity index (χ0n) is 16.4. The van der Waals surface area contributed by atoms with E-state index >= 15 is 0 Å². The van der Waals surface area contributed by atoms with Gasteiger partial charge in [0.25, 0.3) is 5.91 Å². The van der Waals surface area contributed by atoms with E-state index in [0.29, 0.717) is 11.1 Å². The average Bonchev–Trinajstić information content (AvgIpc) is 3.07. The molecule has 4 rings (SSSR count). The Morgan fingerprint density at radius 3 is 2.54 bits per heavy atom. The highest BCUT2D eigenvalue weighted by Gasteiger charge is 2.22. The normalized spacial score (nSPS) is 11.9. The van der Waals surface area contributed by atoms with Crippen molar-refractivity contribution in [1.29, 1.82) is 0 Å². The number of rotatable bonds is 2. The number of hydrogen-bond acceptors (Lipinski definition) is 2. The maximum atomic E-state index is 13.0. The van der Waals surface area contributed by atoms with E-state index in [2.05, 4.69) is 42.1 Å². The molecule has 3 N–H and O–H groups in total. The lowest BCUT2D eigenvalue weighted by Crippen LogP contribution is -2.24. The molecule has 5 heteroatoms. The summed E-state index contributed by atoms with van der Waals surface area (Å²) >= 11 is 0. The lowest BCUT2D eigenvalue weighted by Gasteiger charge is -2.23. The molecule has 5 nitrogen and oxygen atoms in total. The highest BCUT2D eigenvalue weighted by molar-refractivity contribution is 6.07. The Morgan fingerprint density at radius 1 is 1.00 bits per heavy atom. The Hall–Kier alpha value is -3.34. The monoisotopic (exact) mass is 373 g/mol. The summed E-state index contributed by atoms with van der Waals surface area (Å²) in [5.41, 5.74) is 4.09. The van der Waals surface area contributed by atoms with Gasteiger partial charge in [-0.2, -0.15) is 0 Å². The zero-order chi connectivity index (χ0) is 20.1. The minimum Gasteiger partial charge on any atom is -0.361 e. The second kappa shape index (κ2) is 6.37. The SMILES string of the molecule is Cc1ccc2c(=O)c(C(=O)Nc3cc4[nH]ccc4cc3C(C)(C)C)c[nH]c2c1. The number of hydrogen-bond donors (Lipinski definition) is 3. The lowest BCUT2D eigenvalue weighted by molar-refractivity contribution is 0.102. The summed E-state index contributed by atoms with van der Waals surface area (Å²) in [6, 6.07) is 11.5. The number of anilines is 1. The first kappa shape index (κ1) is 18.0. The lowest BCUT2D eigenvalue weighted by atomic mass is 9.85. The van der Waals surface area contributed by atoms with Gasteiger partial charge in [0.15, 0.2) is 0 Å². The molecule has 2 heterocycles. The summed E-state index contributed by atoms with van der Waals surface area (Å²) in [6.45, 7) is 8.26. The molecule has 0 radical (unpaired) electrons. The number of aromatic amines is 2. The Labute approximate surface area is 162 Å². The number of nitrogens with one attached hydrogen (secondary N) is 3. The fraction of sp³-hybridized carbons (Fsp3) is 0.217. The van der Waals surface area contributed by atoms with Gasteiger partial charge in [0.1, 0.15) is 5.56 Å². The largest absolute Gasteiger partial charge is 0.361 e. The van der Waals surface area contributed by atoms with E-state index in [-0.39, 0.29) is 16.4 Å². The highest BCUT2D eigenvalue weighted by Crippen LogP contribution is 2.33. The van der Waals surface area contributed by atoms with Crippen molar-refractivity contribution in [3.8, 4) is 0 Å². The van der Waals surface area contributed by atoms with Crippen LogP contribution in [0.4, 0.5) is 5.69 Å². The Morgan fingerprint density at radius 2 is 1.79 bits per heavy atom. The molecule has 0 aliphatic carbocycles. The minimum atomic E-state index is -0.417. The molecule has 0 saturated carbocycles. The van der Waals surface area contributed by atoms with Crippen LogP contribution in [-0.2, 0) is 5.41 Å². The average molecular weight is 373 g/mol. The van der Waals surface area contributed by atoms with Crippen molar-refractivity contribution in [3.05, 3.63) is 75.7 Å². The van der Waals surface area contributed by atoms with Crippen molar-refractivity contribution in [2.75, 3.05) is 5.32 Å². The number of benzene rings is 2. The van der Waals surface area contributed by atoms with Crippen molar-refractivity contribution < 1.29 is 4.79 Å². The van der Waals surface area contributed by atoms with Gasteiger partial charge in [0.2, 0.25) is 5.43 Å². The molecule has 142 valence electrons. The van der Waals surface area contributed by atoms with E-state index in [1.807, 2.05) is 37.4 Å². The predicted molar refractivity (Wildman–Crippen MR) is 114 cm³/mol. The van der Waals surface area contributed by atoms with Gasteiger partial charge in [0, 0.05) is 34.5 Å². The van der Waals surface area contributed by atoms with Crippen LogP contribution in [0.2, 0.25) is 0 Å². The molecule has 4 aromatic rings. The number of fused-ring (bicyclic) bond motifs is 2. The number of amides is 1. The second-order valence-corrected chi connectivity index (χ2v) is 8.25. The maximum Gasteiger partial charge on any atom is 0.261 e. The third kappa shape index (κ3) is 3.09. The van der Waals surface area contributed by atoms with Crippen LogP contribution in [-0.4, -0.2) is 15.9 Å². The molecule has 0 saturated heterocycles. The molecule has 0 atom stereocenters. The topological polar surface area (TPSA) is 77.8 Å². The summed E-state index contributed by atoms with van der Waals surface area (Å²) in [5, 5.41) is 4.55. The minimum absolute atomic E-state index is 0.0998. The van der Waals surface area contributed by atoms with Crippen molar-refractivity contribution >= 4 is 33.4 Å². The van der Waals surface area contributed by atoms with Crippen LogP contribution in [0.15, 0.2) is 53.6 Å². The molecule has 0 bridgehead atoms. The van der Waals surface area contributed by atoms with Gasteiger partial charge in [-0.05, 0) is 59.2 Å². The Kier molecular flexibility index (Phi) is 4.11. The summed E-state index contributed by atoms with van der Waals surface area (Å²) in [6.07, 6.45) is 3.36. The van der Waals surface area contributed by atoms with Gasteiger partial charge in [-0.1, -0.05) is 26.8 Å². The molecule has 2 aromatic heterocycles. The quantitative estimate of drug-likeness (QED) is 0.469. The molecule has 1 amide bonds. The van der Waals surface area contributed by atoms with Gasteiger partial charge in [-0.3, -0.25) is 9.59 Å². The van der Waals surface area contributed by atoms with Gasteiger partial charge in [-0.25, -0.2) is 0 Å². The predicted octanol–water partition coefficient (Wildman–Crippen LogP) is 4.87. The van der Waals surface area contributed by atoms with Crippen LogP contribution >= 0.6 is 0 Å². The van der Waals surface area contributed by atoms with Gasteiger partial charge in [0.05, 0.1) is 0 Å². The van der Waals surface area contributed by atoms with E-state index < -0.39 is 5.91 Å². The molecule has 0 spiro atoms. The fourth-order valence-electron chi connectivity index (χ4n) is 3.52. The molecule has 28 heavy (non-hydrogen) atoms. The number of carbonyl (C=O) groups excluding carboxylic acids is 1. The number of H-pyrrole nitrogens is 2. The van der Waals surface area contributed by atoms with Crippen LogP contribution in [0, 0.1) is 6.92 Å². The summed E-state index contributed by atoms with van der Waals surface area (Å²) in [4.78, 5) is 32.0. The zero-order valence-corrected chi connectivity index (χ0v) is 16.4. The van der Waals surface area contributed by atoms with E-state index in [9.17, 15) is 9.59 Å². The fourth-order valence-corrected chi connectivity index (χ4v) is 3.52. The number of aromatic nitrogens is 2. The third-order valence-corrected chi connectivity index (χ3v) is 5.03. The Balaban J connectivity index is 1.78. The second-order valence-electron chi connectivity index (χ2n) is 8.25. The van der Waals surface area contributed by atoms with E-state index in [0.717, 1.165) is 27.5 Å². The third-order valence-electron chi connectivity index (χ3n) is 5.03. The maximum absolute atomic E-state index is 13.0. The molecule has 0 aliphatic rings. The molecule has 0 aliphatic heterocycles. The van der Waals surface area contributed by atoms with Crippen LogP contribution in [0.1, 0.15) is 42.3 Å². The molecule has 0 unspecified atom stereocenters. The van der Waals surface area contributed by atoms with E-state index in [1.165, 1.54) is 6.20 Å². The summed E-state index contributed by atoms with van der Waals surface area (Å²) < 4.78 is 0. The standard InChI is InChI=1S/C23H23N3O2/c1-13-5-6-15-19(9-13)25-12-16(21(15)27)22(28)26-20-11-18-14(7-8-24-18)10-17(20)23(2,3)4/h5-12,24H,1-4H3,(H,25,27)(H,26,28). The van der Waals surface area contributed by atoms with Gasteiger partial charge < -0.3 is 15.3 Å². The first-order valence-corrected chi connectivity index (χ1v) is 9.29. The highest BCUT2D eigenvalue weighted by atomic mass is 16.2. The molecular formula is C23H23N3O2. The first-order chi connectivity index (χ1) is 13.2. The van der Waals surface area contributed by atoms with Crippen LogP contribution in [0.25, 0.3) is 21.8 Å². The van der Waals surface area contributed by atoms with Gasteiger partial charge >= 0.3 is 0 Å². The van der Waals surface area contributed by atoms with E-state index in [4.69, 9.17) is 0 Å². The van der Waals surface area contributed by atoms with Crippen LogP contribution in [0.5, 0.6) is 0 Å². The number of aryl methyl sites for hydroxylation is 1. The van der Waals surface area contributed by atoms with Crippen molar-refractivity contribution in [2.24, 2.45) is 0 Å². The summed E-state index contributed by atoms with van der Waals surface area (Å²) in [5.74, 6) is -0.417. The van der Waals surface area contributed by atoms with Crippen molar-refractivity contribution in [3.63, 3.8) is 0 Å². The summed E-state index contributed by atoms with van der Waals surface area (Å²) in [7, 11) is 0.